The van der Waals surface area contributed by atoms with E-state index in [0.29, 0.717) is 0 Å². The van der Waals surface area contributed by atoms with Crippen molar-refractivity contribution < 1.29 is 0 Å². The van der Waals surface area contributed by atoms with Crippen molar-refractivity contribution in [1.29, 1.82) is 0 Å². The summed E-state index contributed by atoms with van der Waals surface area (Å²) in [6.07, 6.45) is 0.923. The average molecular weight is 217 g/mol. The molecule has 2 aromatic rings. The lowest BCUT2D eigenvalue weighted by molar-refractivity contribution is 0.418. The van der Waals surface area contributed by atoms with Gasteiger partial charge in [0.2, 0.25) is 0 Å². The van der Waals surface area contributed by atoms with Crippen LogP contribution in [0.2, 0.25) is 0 Å². The summed E-state index contributed by atoms with van der Waals surface area (Å²) in [6.45, 7) is 6.38. The van der Waals surface area contributed by atoms with Gasteiger partial charge in [-0.05, 0) is 25.5 Å². The van der Waals surface area contributed by atoms with Gasteiger partial charge in [0, 0.05) is 11.5 Å². The van der Waals surface area contributed by atoms with Gasteiger partial charge in [-0.3, -0.25) is 0 Å². The highest BCUT2D eigenvalue weighted by Gasteiger charge is 2.25. The molecule has 0 saturated carbocycles. The Morgan fingerprint density at radius 2 is 2.06 bits per heavy atom. The number of nitrogens with one attached hydrogen (secondary N) is 1. The number of rotatable bonds is 3. The molecule has 3 heteroatoms. The number of hydrogen-bond acceptors (Lipinski definition) is 2. The van der Waals surface area contributed by atoms with Crippen molar-refractivity contribution in [1.82, 2.24) is 9.97 Å². The topological polar surface area (TPSA) is 54.7 Å². The van der Waals surface area contributed by atoms with Crippen molar-refractivity contribution >= 4 is 11.0 Å². The van der Waals surface area contributed by atoms with Crippen molar-refractivity contribution in [3.8, 4) is 0 Å². The highest BCUT2D eigenvalue weighted by molar-refractivity contribution is 5.74. The molecule has 0 spiro atoms. The summed E-state index contributed by atoms with van der Waals surface area (Å²) < 4.78 is 0. The predicted molar refractivity (Wildman–Crippen MR) is 67.4 cm³/mol. The van der Waals surface area contributed by atoms with Crippen LogP contribution < -0.4 is 5.73 Å². The van der Waals surface area contributed by atoms with Crippen molar-refractivity contribution in [2.45, 2.75) is 38.6 Å². The number of imidazole rings is 1. The summed E-state index contributed by atoms with van der Waals surface area (Å²) in [5, 5.41) is 0. The van der Waals surface area contributed by atoms with Gasteiger partial charge >= 0.3 is 0 Å². The van der Waals surface area contributed by atoms with E-state index in [9.17, 15) is 0 Å². The number of H-pyrrole nitrogens is 1. The molecule has 0 aliphatic heterocycles. The smallest absolute Gasteiger partial charge is 0.112 e. The van der Waals surface area contributed by atoms with Crippen LogP contribution in [0.4, 0.5) is 0 Å². The third-order valence-corrected chi connectivity index (χ3v) is 2.86. The number of aromatic amines is 1. The van der Waals surface area contributed by atoms with E-state index in [1.165, 1.54) is 0 Å². The van der Waals surface area contributed by atoms with Crippen LogP contribution in [0.25, 0.3) is 11.0 Å². The van der Waals surface area contributed by atoms with E-state index in [-0.39, 0.29) is 11.5 Å². The molecule has 86 valence electrons. The second kappa shape index (κ2) is 3.91. The second-order valence-corrected chi connectivity index (χ2v) is 5.17. The van der Waals surface area contributed by atoms with Crippen LogP contribution in [0.5, 0.6) is 0 Å². The monoisotopic (exact) mass is 217 g/mol. The molecule has 3 nitrogen and oxygen atoms in total. The molecular weight excluding hydrogens is 198 g/mol. The number of benzene rings is 1. The minimum absolute atomic E-state index is 0.00676. The maximum atomic E-state index is 5.87. The zero-order valence-corrected chi connectivity index (χ0v) is 10.1. The zero-order valence-electron chi connectivity index (χ0n) is 10.1. The van der Waals surface area contributed by atoms with E-state index in [1.807, 2.05) is 31.2 Å². The fraction of sp³-hybridized carbons (Fsp3) is 0.462. The lowest BCUT2D eigenvalue weighted by Crippen LogP contribution is -2.29. The molecule has 0 bridgehead atoms. The Morgan fingerprint density at radius 1 is 1.38 bits per heavy atom. The van der Waals surface area contributed by atoms with Crippen LogP contribution in [-0.4, -0.2) is 16.0 Å². The van der Waals surface area contributed by atoms with Gasteiger partial charge in [0.25, 0.3) is 0 Å². The number of fused-ring (bicyclic) bond motifs is 1. The van der Waals surface area contributed by atoms with Crippen LogP contribution in [0, 0.1) is 0 Å². The molecule has 1 aromatic carbocycles. The van der Waals surface area contributed by atoms with Crippen molar-refractivity contribution in [2.24, 2.45) is 5.73 Å². The lowest BCUT2D eigenvalue weighted by Gasteiger charge is -2.23. The Balaban J connectivity index is 2.39. The largest absolute Gasteiger partial charge is 0.342 e. The number of nitrogens with two attached hydrogens (primary N) is 1. The maximum Gasteiger partial charge on any atom is 0.112 e. The minimum atomic E-state index is -0.00676. The van der Waals surface area contributed by atoms with Gasteiger partial charge < -0.3 is 10.7 Å². The first-order valence-corrected chi connectivity index (χ1v) is 5.70. The molecule has 2 rings (SSSR count). The van der Waals surface area contributed by atoms with Crippen LogP contribution in [0.1, 0.15) is 33.0 Å². The Bertz CT molecular complexity index is 450. The van der Waals surface area contributed by atoms with Gasteiger partial charge in [-0.15, -0.1) is 0 Å². The molecule has 0 amide bonds. The third kappa shape index (κ3) is 2.09. The number of para-hydroxylation sites is 2. The van der Waals surface area contributed by atoms with Gasteiger partial charge in [0.05, 0.1) is 11.0 Å². The van der Waals surface area contributed by atoms with Gasteiger partial charge in [0.15, 0.2) is 0 Å². The van der Waals surface area contributed by atoms with Crippen LogP contribution in [0.3, 0.4) is 0 Å². The van der Waals surface area contributed by atoms with Gasteiger partial charge in [0.1, 0.15) is 5.82 Å². The third-order valence-electron chi connectivity index (χ3n) is 2.86. The molecule has 0 saturated heterocycles. The maximum absolute atomic E-state index is 5.87. The normalized spacial score (nSPS) is 14.2. The number of hydrogen-bond donors (Lipinski definition) is 2. The first-order valence-electron chi connectivity index (χ1n) is 5.70. The fourth-order valence-electron chi connectivity index (χ4n) is 2.17. The highest BCUT2D eigenvalue weighted by atomic mass is 14.9. The Morgan fingerprint density at radius 3 is 2.69 bits per heavy atom. The molecule has 0 aliphatic rings. The summed E-state index contributed by atoms with van der Waals surface area (Å²) in [5.41, 5.74) is 7.98. The lowest BCUT2D eigenvalue weighted by atomic mass is 9.85. The Hall–Kier alpha value is -1.35. The summed E-state index contributed by atoms with van der Waals surface area (Å²) in [4.78, 5) is 8.00. The predicted octanol–water partition coefficient (Wildman–Crippen LogP) is 2.58. The van der Waals surface area contributed by atoms with Crippen LogP contribution >= 0.6 is 0 Å². The highest BCUT2D eigenvalue weighted by Crippen LogP contribution is 2.27. The number of nitrogens with zero attached hydrogens (tertiary/aromatic N) is 1. The molecule has 1 atom stereocenters. The molecule has 1 heterocycles. The molecule has 3 N–H and O–H groups in total. The summed E-state index contributed by atoms with van der Waals surface area (Å²) in [7, 11) is 0. The van der Waals surface area contributed by atoms with Gasteiger partial charge in [-0.1, -0.05) is 26.0 Å². The average Bonchev–Trinajstić information content (AvgIpc) is 2.59. The van der Waals surface area contributed by atoms with Crippen molar-refractivity contribution in [3.05, 3.63) is 30.1 Å². The number of aromatic nitrogens is 2. The Kier molecular flexibility index (Phi) is 2.72. The molecule has 1 unspecified atom stereocenters. The standard InChI is InChI=1S/C13H19N3/c1-9(14)8-13(2,3)12-15-10-6-4-5-7-11(10)16-12/h4-7,9H,8,14H2,1-3H3,(H,15,16). The molecule has 0 radical (unpaired) electrons. The first kappa shape index (κ1) is 11.1. The summed E-state index contributed by atoms with van der Waals surface area (Å²) in [6, 6.07) is 8.28. The first-order chi connectivity index (χ1) is 7.49. The van der Waals surface area contributed by atoms with E-state index in [4.69, 9.17) is 5.73 Å². The van der Waals surface area contributed by atoms with E-state index >= 15 is 0 Å². The second-order valence-electron chi connectivity index (χ2n) is 5.17. The fourth-order valence-corrected chi connectivity index (χ4v) is 2.17. The minimum Gasteiger partial charge on any atom is -0.342 e. The van der Waals surface area contributed by atoms with Crippen LogP contribution in [-0.2, 0) is 5.41 Å². The summed E-state index contributed by atoms with van der Waals surface area (Å²) >= 11 is 0. The van der Waals surface area contributed by atoms with Gasteiger partial charge in [-0.2, -0.15) is 0 Å². The molecular formula is C13H19N3. The van der Waals surface area contributed by atoms with E-state index in [0.717, 1.165) is 23.3 Å². The Labute approximate surface area is 96.1 Å². The molecule has 16 heavy (non-hydrogen) atoms. The van der Waals surface area contributed by atoms with E-state index in [1.54, 1.807) is 0 Å². The van der Waals surface area contributed by atoms with E-state index < -0.39 is 0 Å². The molecule has 0 aliphatic carbocycles. The van der Waals surface area contributed by atoms with Crippen molar-refractivity contribution in [3.63, 3.8) is 0 Å². The van der Waals surface area contributed by atoms with Crippen LogP contribution in [0.15, 0.2) is 24.3 Å². The van der Waals surface area contributed by atoms with Crippen molar-refractivity contribution in [2.75, 3.05) is 0 Å². The molecule has 0 fully saturated rings. The van der Waals surface area contributed by atoms with Gasteiger partial charge in [-0.25, -0.2) is 4.98 Å². The zero-order chi connectivity index (χ0) is 11.8. The molecule has 1 aromatic heterocycles. The van der Waals surface area contributed by atoms with E-state index in [2.05, 4.69) is 23.8 Å². The SMILES string of the molecule is CC(N)CC(C)(C)c1nc2ccccc2[nH]1. The quantitative estimate of drug-likeness (QED) is 0.830. The summed E-state index contributed by atoms with van der Waals surface area (Å²) in [5.74, 6) is 1.02.